The van der Waals surface area contributed by atoms with E-state index >= 15 is 0 Å². The molecule has 0 aromatic carbocycles. The zero-order valence-corrected chi connectivity index (χ0v) is 11.9. The summed E-state index contributed by atoms with van der Waals surface area (Å²) in [6.45, 7) is 0.201. The lowest BCUT2D eigenvalue weighted by Gasteiger charge is -2.08. The molecule has 0 saturated carbocycles. The molecule has 0 atom stereocenters. The number of thiophene rings is 1. The Morgan fingerprint density at radius 1 is 1.27 bits per heavy atom. The van der Waals surface area contributed by atoms with Crippen molar-refractivity contribution in [3.8, 4) is 10.7 Å². The predicted octanol–water partition coefficient (Wildman–Crippen LogP) is 3.56. The van der Waals surface area contributed by atoms with Gasteiger partial charge >= 0.3 is 6.18 Å². The van der Waals surface area contributed by atoms with Crippen molar-refractivity contribution < 1.29 is 13.2 Å². The molecular formula is C13H10F3N5S. The largest absolute Gasteiger partial charge is 0.416 e. The fraction of sp³-hybridized carbons (Fsp3) is 0.154. The molecule has 3 rings (SSSR count). The van der Waals surface area contributed by atoms with Crippen molar-refractivity contribution in [3.63, 3.8) is 0 Å². The smallest absolute Gasteiger partial charge is 0.363 e. The first-order chi connectivity index (χ1) is 10.5. The minimum absolute atomic E-state index is 0.129. The van der Waals surface area contributed by atoms with Gasteiger partial charge in [-0.05, 0) is 23.6 Å². The third-order valence-electron chi connectivity index (χ3n) is 2.80. The number of nitrogens with zero attached hydrogens (tertiary/aromatic N) is 3. The Balaban J connectivity index is 1.68. The SMILES string of the molecule is FC(F)(F)c1ccnc(NCc2nc(-c3cccs3)n[nH]2)c1. The van der Waals surface area contributed by atoms with Gasteiger partial charge in [-0.15, -0.1) is 11.3 Å². The van der Waals surface area contributed by atoms with E-state index in [0.29, 0.717) is 11.6 Å². The number of hydrogen-bond donors (Lipinski definition) is 2. The zero-order valence-electron chi connectivity index (χ0n) is 11.1. The van der Waals surface area contributed by atoms with Gasteiger partial charge in [0.05, 0.1) is 17.0 Å². The van der Waals surface area contributed by atoms with Gasteiger partial charge in [0.15, 0.2) is 5.82 Å². The molecule has 2 N–H and O–H groups in total. The summed E-state index contributed by atoms with van der Waals surface area (Å²) in [4.78, 5) is 9.04. The van der Waals surface area contributed by atoms with Crippen molar-refractivity contribution in [2.24, 2.45) is 0 Å². The van der Waals surface area contributed by atoms with Gasteiger partial charge < -0.3 is 5.32 Å². The molecule has 0 aliphatic rings. The zero-order chi connectivity index (χ0) is 15.6. The van der Waals surface area contributed by atoms with Crippen LogP contribution in [0.15, 0.2) is 35.8 Å². The molecule has 0 fully saturated rings. The van der Waals surface area contributed by atoms with Crippen LogP contribution in [0, 0.1) is 0 Å². The van der Waals surface area contributed by atoms with E-state index in [2.05, 4.69) is 25.5 Å². The Morgan fingerprint density at radius 2 is 2.14 bits per heavy atom. The van der Waals surface area contributed by atoms with Crippen LogP contribution in [0.25, 0.3) is 10.7 Å². The second-order valence-electron chi connectivity index (χ2n) is 4.36. The minimum atomic E-state index is -4.39. The van der Waals surface area contributed by atoms with Gasteiger partial charge in [0.25, 0.3) is 0 Å². The fourth-order valence-electron chi connectivity index (χ4n) is 1.77. The molecule has 0 radical (unpaired) electrons. The molecule has 3 heterocycles. The first kappa shape index (κ1) is 14.5. The number of rotatable bonds is 4. The first-order valence-electron chi connectivity index (χ1n) is 6.24. The molecule has 3 aromatic rings. The molecule has 0 aliphatic heterocycles. The van der Waals surface area contributed by atoms with Crippen LogP contribution in [0.4, 0.5) is 19.0 Å². The van der Waals surface area contributed by atoms with Crippen molar-refractivity contribution in [2.45, 2.75) is 12.7 Å². The Labute approximate surface area is 127 Å². The highest BCUT2D eigenvalue weighted by Crippen LogP contribution is 2.30. The van der Waals surface area contributed by atoms with E-state index in [0.717, 1.165) is 23.2 Å². The summed E-state index contributed by atoms with van der Waals surface area (Å²) in [6.07, 6.45) is -3.28. The number of anilines is 1. The van der Waals surface area contributed by atoms with E-state index in [4.69, 9.17) is 0 Å². The van der Waals surface area contributed by atoms with Gasteiger partial charge in [-0.25, -0.2) is 9.97 Å². The predicted molar refractivity (Wildman–Crippen MR) is 76.3 cm³/mol. The van der Waals surface area contributed by atoms with E-state index < -0.39 is 11.7 Å². The number of halogens is 3. The molecule has 0 aliphatic carbocycles. The summed E-state index contributed by atoms with van der Waals surface area (Å²) < 4.78 is 37.8. The van der Waals surface area contributed by atoms with Gasteiger partial charge in [-0.1, -0.05) is 6.07 Å². The Morgan fingerprint density at radius 3 is 2.86 bits per heavy atom. The maximum absolute atomic E-state index is 12.6. The first-order valence-corrected chi connectivity index (χ1v) is 7.12. The van der Waals surface area contributed by atoms with Crippen molar-refractivity contribution in [2.75, 3.05) is 5.32 Å². The number of H-pyrrole nitrogens is 1. The van der Waals surface area contributed by atoms with Crippen molar-refractivity contribution >= 4 is 17.2 Å². The van der Waals surface area contributed by atoms with E-state index in [1.807, 2.05) is 17.5 Å². The molecule has 9 heteroatoms. The normalized spacial score (nSPS) is 11.6. The summed E-state index contributed by atoms with van der Waals surface area (Å²) in [5.41, 5.74) is -0.748. The summed E-state index contributed by atoms with van der Waals surface area (Å²) in [5.74, 6) is 1.20. The van der Waals surface area contributed by atoms with Crippen LogP contribution in [0.5, 0.6) is 0 Å². The van der Waals surface area contributed by atoms with Gasteiger partial charge in [0.2, 0.25) is 0 Å². The number of alkyl halides is 3. The maximum atomic E-state index is 12.6. The average molecular weight is 325 g/mol. The van der Waals surface area contributed by atoms with Gasteiger partial charge in [0, 0.05) is 6.20 Å². The van der Waals surface area contributed by atoms with Crippen molar-refractivity contribution in [3.05, 3.63) is 47.2 Å². The van der Waals surface area contributed by atoms with Gasteiger partial charge in [0.1, 0.15) is 11.6 Å². The molecule has 114 valence electrons. The second kappa shape index (κ2) is 5.76. The van der Waals surface area contributed by atoms with E-state index in [1.165, 1.54) is 11.3 Å². The standard InChI is InChI=1S/C13H10F3N5S/c14-13(15,16)8-3-4-17-10(6-8)18-7-11-19-12(21-20-11)9-2-1-5-22-9/h1-6H,7H2,(H,17,18)(H,19,20,21). The minimum Gasteiger partial charge on any atom is -0.363 e. The third kappa shape index (κ3) is 3.25. The summed E-state index contributed by atoms with van der Waals surface area (Å²) in [6, 6.07) is 5.66. The van der Waals surface area contributed by atoms with Crippen molar-refractivity contribution in [1.29, 1.82) is 0 Å². The van der Waals surface area contributed by atoms with E-state index in [9.17, 15) is 13.2 Å². The molecule has 0 saturated heterocycles. The van der Waals surface area contributed by atoms with Crippen LogP contribution in [0.2, 0.25) is 0 Å². The lowest BCUT2D eigenvalue weighted by molar-refractivity contribution is -0.137. The monoisotopic (exact) mass is 325 g/mol. The Bertz CT molecular complexity index is 751. The summed E-state index contributed by atoms with van der Waals surface area (Å²) >= 11 is 1.51. The average Bonchev–Trinajstić information content (AvgIpc) is 3.15. The lowest BCUT2D eigenvalue weighted by atomic mass is 10.2. The highest BCUT2D eigenvalue weighted by Gasteiger charge is 2.30. The van der Waals surface area contributed by atoms with Gasteiger partial charge in [-0.2, -0.15) is 18.3 Å². The van der Waals surface area contributed by atoms with Crippen LogP contribution >= 0.6 is 11.3 Å². The number of aromatic nitrogens is 4. The quantitative estimate of drug-likeness (QED) is 0.770. The Hall–Kier alpha value is -2.42. The van der Waals surface area contributed by atoms with Crippen LogP contribution < -0.4 is 5.32 Å². The van der Waals surface area contributed by atoms with E-state index in [-0.39, 0.29) is 12.4 Å². The number of pyridine rings is 1. The maximum Gasteiger partial charge on any atom is 0.416 e. The topological polar surface area (TPSA) is 66.5 Å². The summed E-state index contributed by atoms with van der Waals surface area (Å²) in [7, 11) is 0. The number of aromatic amines is 1. The molecule has 3 aromatic heterocycles. The molecule has 0 spiro atoms. The van der Waals surface area contributed by atoms with Gasteiger partial charge in [-0.3, -0.25) is 5.10 Å². The fourth-order valence-corrected chi connectivity index (χ4v) is 2.43. The van der Waals surface area contributed by atoms with Crippen LogP contribution in [0.1, 0.15) is 11.4 Å². The molecule has 0 unspecified atom stereocenters. The molecule has 0 bridgehead atoms. The number of nitrogens with one attached hydrogen (secondary N) is 2. The molecule has 22 heavy (non-hydrogen) atoms. The summed E-state index contributed by atoms with van der Waals surface area (Å²) in [5, 5.41) is 11.5. The number of hydrogen-bond acceptors (Lipinski definition) is 5. The van der Waals surface area contributed by atoms with Crippen LogP contribution in [0.3, 0.4) is 0 Å². The Kier molecular flexibility index (Phi) is 3.80. The third-order valence-corrected chi connectivity index (χ3v) is 3.66. The molecular weight excluding hydrogens is 315 g/mol. The van der Waals surface area contributed by atoms with Crippen LogP contribution in [-0.2, 0) is 12.7 Å². The molecule has 5 nitrogen and oxygen atoms in total. The van der Waals surface area contributed by atoms with E-state index in [1.54, 1.807) is 0 Å². The molecule has 0 amide bonds. The van der Waals surface area contributed by atoms with Crippen LogP contribution in [-0.4, -0.2) is 20.2 Å². The highest BCUT2D eigenvalue weighted by atomic mass is 32.1. The second-order valence-corrected chi connectivity index (χ2v) is 5.31. The van der Waals surface area contributed by atoms with Crippen molar-refractivity contribution in [1.82, 2.24) is 20.2 Å². The lowest BCUT2D eigenvalue weighted by Crippen LogP contribution is -2.08. The highest BCUT2D eigenvalue weighted by molar-refractivity contribution is 7.13.